The van der Waals surface area contributed by atoms with Gasteiger partial charge in [-0.1, -0.05) is 48.5 Å². The normalized spacial score (nSPS) is 28.6. The summed E-state index contributed by atoms with van der Waals surface area (Å²) in [5.74, 6) is -0.377. The zero-order chi connectivity index (χ0) is 24.1. The second-order valence-electron chi connectivity index (χ2n) is 10.4. The van der Waals surface area contributed by atoms with Gasteiger partial charge in [0.2, 0.25) is 5.91 Å². The van der Waals surface area contributed by atoms with Crippen molar-refractivity contribution in [3.8, 4) is 11.1 Å². The minimum atomic E-state index is -0.911. The molecule has 35 heavy (non-hydrogen) atoms. The lowest BCUT2D eigenvalue weighted by molar-refractivity contribution is -0.149. The number of rotatable bonds is 5. The summed E-state index contributed by atoms with van der Waals surface area (Å²) < 4.78 is 5.70. The van der Waals surface area contributed by atoms with Crippen molar-refractivity contribution < 1.29 is 24.2 Å². The Morgan fingerprint density at radius 2 is 1.66 bits per heavy atom. The van der Waals surface area contributed by atoms with E-state index >= 15 is 0 Å². The summed E-state index contributed by atoms with van der Waals surface area (Å²) in [6.07, 6.45) is 3.22. The van der Waals surface area contributed by atoms with Gasteiger partial charge >= 0.3 is 12.1 Å². The van der Waals surface area contributed by atoms with Gasteiger partial charge in [0, 0.05) is 24.4 Å². The van der Waals surface area contributed by atoms with Gasteiger partial charge in [0.25, 0.3) is 0 Å². The Labute approximate surface area is 204 Å². The molecule has 0 spiro atoms. The molecule has 7 heteroatoms. The van der Waals surface area contributed by atoms with Crippen LogP contribution in [0.3, 0.4) is 0 Å². The molecule has 0 radical (unpaired) electrons. The van der Waals surface area contributed by atoms with Crippen LogP contribution in [0.15, 0.2) is 48.5 Å². The van der Waals surface area contributed by atoms with Crippen LogP contribution >= 0.6 is 0 Å². The molecule has 0 aromatic heterocycles. The molecule has 7 nitrogen and oxygen atoms in total. The summed E-state index contributed by atoms with van der Waals surface area (Å²) in [5.41, 5.74) is 4.76. The van der Waals surface area contributed by atoms with Crippen LogP contribution in [-0.2, 0) is 14.3 Å². The highest BCUT2D eigenvalue weighted by Crippen LogP contribution is 2.50. The Hall–Kier alpha value is -3.35. The van der Waals surface area contributed by atoms with Gasteiger partial charge in [-0.15, -0.1) is 0 Å². The van der Waals surface area contributed by atoms with Gasteiger partial charge < -0.3 is 20.1 Å². The predicted molar refractivity (Wildman–Crippen MR) is 129 cm³/mol. The number of nitrogens with one attached hydrogen (secondary N) is 1. The number of amides is 2. The second kappa shape index (κ2) is 8.70. The Kier molecular flexibility index (Phi) is 5.50. The zero-order valence-corrected chi connectivity index (χ0v) is 19.6. The van der Waals surface area contributed by atoms with E-state index in [0.717, 1.165) is 19.3 Å². The summed E-state index contributed by atoms with van der Waals surface area (Å²) in [4.78, 5) is 38.7. The van der Waals surface area contributed by atoms with E-state index in [4.69, 9.17) is 4.74 Å². The quantitative estimate of drug-likeness (QED) is 0.683. The van der Waals surface area contributed by atoms with Gasteiger partial charge in [0.05, 0.1) is 0 Å². The highest BCUT2D eigenvalue weighted by atomic mass is 16.5. The van der Waals surface area contributed by atoms with E-state index in [2.05, 4.69) is 29.6 Å². The van der Waals surface area contributed by atoms with E-state index in [-0.39, 0.29) is 36.3 Å². The molecular weight excluding hydrogens is 444 g/mol. The summed E-state index contributed by atoms with van der Waals surface area (Å²) in [6, 6.07) is 15.9. The zero-order valence-electron chi connectivity index (χ0n) is 19.6. The van der Waals surface area contributed by atoms with Crippen LogP contribution in [-0.4, -0.2) is 53.2 Å². The maximum atomic E-state index is 13.0. The summed E-state index contributed by atoms with van der Waals surface area (Å²) >= 11 is 0. The van der Waals surface area contributed by atoms with Crippen molar-refractivity contribution in [1.29, 1.82) is 0 Å². The molecule has 6 rings (SSSR count). The third-order valence-electron chi connectivity index (χ3n) is 8.64. The van der Waals surface area contributed by atoms with Crippen molar-refractivity contribution in [3.63, 3.8) is 0 Å². The largest absolute Gasteiger partial charge is 0.480 e. The van der Waals surface area contributed by atoms with Crippen molar-refractivity contribution in [1.82, 2.24) is 10.2 Å². The van der Waals surface area contributed by atoms with Crippen molar-refractivity contribution in [2.45, 2.75) is 50.1 Å². The summed E-state index contributed by atoms with van der Waals surface area (Å²) in [7, 11) is 0. The van der Waals surface area contributed by atoms with Crippen LogP contribution in [0.4, 0.5) is 4.79 Å². The van der Waals surface area contributed by atoms with Gasteiger partial charge in [0.1, 0.15) is 12.6 Å². The third kappa shape index (κ3) is 3.77. The fourth-order valence-electron chi connectivity index (χ4n) is 6.91. The number of carboxylic acids is 1. The lowest BCUT2D eigenvalue weighted by Gasteiger charge is -2.40. The van der Waals surface area contributed by atoms with Crippen molar-refractivity contribution in [2.75, 3.05) is 13.2 Å². The first kappa shape index (κ1) is 22.1. The number of hydrogen-bond donors (Lipinski definition) is 2. The minimum absolute atomic E-state index is 0.0160. The van der Waals surface area contributed by atoms with Gasteiger partial charge in [0.15, 0.2) is 0 Å². The van der Waals surface area contributed by atoms with E-state index in [1.54, 1.807) is 4.90 Å². The minimum Gasteiger partial charge on any atom is -0.480 e. The molecule has 0 bridgehead atoms. The molecule has 2 aromatic rings. The molecule has 1 heterocycles. The average Bonchev–Trinajstić information content (AvgIpc) is 3.56. The lowest BCUT2D eigenvalue weighted by Crippen LogP contribution is -2.50. The van der Waals surface area contributed by atoms with E-state index in [1.807, 2.05) is 24.3 Å². The van der Waals surface area contributed by atoms with Crippen molar-refractivity contribution in [2.24, 2.45) is 17.8 Å². The number of nitrogens with zero attached hydrogens (tertiary/aromatic N) is 1. The smallest absolute Gasteiger partial charge is 0.407 e. The van der Waals surface area contributed by atoms with Crippen molar-refractivity contribution in [3.05, 3.63) is 59.7 Å². The summed E-state index contributed by atoms with van der Waals surface area (Å²) in [6.45, 7) is 0.816. The van der Waals surface area contributed by atoms with Crippen LogP contribution < -0.4 is 5.32 Å². The molecule has 5 unspecified atom stereocenters. The molecule has 2 saturated carbocycles. The fraction of sp³-hybridized carbons (Fsp3) is 0.464. The van der Waals surface area contributed by atoms with Gasteiger partial charge in [-0.3, -0.25) is 4.79 Å². The number of alkyl carbamates (subject to hydrolysis) is 1. The van der Waals surface area contributed by atoms with E-state index < -0.39 is 18.1 Å². The Bertz CT molecular complexity index is 1130. The van der Waals surface area contributed by atoms with Crippen LogP contribution in [0.1, 0.15) is 49.1 Å². The SMILES string of the molecule is O=C(NC1CC2CC(C(=O)N3CCCC3C(=O)O)CC21)OCC1c2ccccc2-c2ccccc21. The number of aliphatic carboxylic acids is 1. The van der Waals surface area contributed by atoms with Gasteiger partial charge in [-0.25, -0.2) is 9.59 Å². The van der Waals surface area contributed by atoms with E-state index in [0.29, 0.717) is 25.3 Å². The number of carbonyl (C=O) groups excluding carboxylic acids is 2. The molecule has 182 valence electrons. The molecule has 2 N–H and O–H groups in total. The Morgan fingerprint density at radius 1 is 0.971 bits per heavy atom. The molecule has 1 aliphatic heterocycles. The van der Waals surface area contributed by atoms with Crippen LogP contribution in [0.25, 0.3) is 11.1 Å². The number of carbonyl (C=O) groups is 3. The van der Waals surface area contributed by atoms with Gasteiger partial charge in [-0.05, 0) is 66.2 Å². The first-order valence-corrected chi connectivity index (χ1v) is 12.7. The number of fused-ring (bicyclic) bond motifs is 4. The predicted octanol–water partition coefficient (Wildman–Crippen LogP) is 4.02. The standard InChI is InChI=1S/C28H30N2O5/c31-26(30-11-5-10-25(30)27(32)33)17-12-16-14-24(22(16)13-17)29-28(34)35-15-23-20-8-3-1-6-18(20)19-7-2-4-9-21(19)23/h1-4,6-9,16-17,22-25H,5,10-15H2,(H,29,34)(H,32,33). The molecular formula is C28H30N2O5. The van der Waals surface area contributed by atoms with E-state index in [1.165, 1.54) is 22.3 Å². The number of likely N-dealkylation sites (tertiary alicyclic amines) is 1. The van der Waals surface area contributed by atoms with Crippen molar-refractivity contribution >= 4 is 18.0 Å². The monoisotopic (exact) mass is 474 g/mol. The molecule has 4 aliphatic rings. The average molecular weight is 475 g/mol. The molecule has 1 saturated heterocycles. The topological polar surface area (TPSA) is 95.9 Å². The molecule has 3 aliphatic carbocycles. The molecule has 2 amide bonds. The van der Waals surface area contributed by atoms with Crippen LogP contribution in [0.5, 0.6) is 0 Å². The maximum Gasteiger partial charge on any atom is 0.407 e. The summed E-state index contributed by atoms with van der Waals surface area (Å²) in [5, 5.41) is 12.5. The molecule has 3 fully saturated rings. The third-order valence-corrected chi connectivity index (χ3v) is 8.64. The van der Waals surface area contributed by atoms with Crippen LogP contribution in [0.2, 0.25) is 0 Å². The highest BCUT2D eigenvalue weighted by molar-refractivity contribution is 5.86. The number of carboxylic acid groups (broad SMARTS) is 1. The van der Waals surface area contributed by atoms with Gasteiger partial charge in [-0.2, -0.15) is 0 Å². The Morgan fingerprint density at radius 3 is 2.34 bits per heavy atom. The van der Waals surface area contributed by atoms with E-state index in [9.17, 15) is 19.5 Å². The maximum absolute atomic E-state index is 13.0. The first-order valence-electron chi connectivity index (χ1n) is 12.7. The Balaban J connectivity index is 1.04. The second-order valence-corrected chi connectivity index (χ2v) is 10.4. The van der Waals surface area contributed by atoms with Crippen LogP contribution in [0, 0.1) is 17.8 Å². The fourth-order valence-corrected chi connectivity index (χ4v) is 6.91. The molecule has 2 aromatic carbocycles. The first-order chi connectivity index (χ1) is 17.0. The number of benzene rings is 2. The number of ether oxygens (including phenoxy) is 1. The lowest BCUT2D eigenvalue weighted by atomic mass is 9.71. The number of hydrogen-bond acceptors (Lipinski definition) is 4. The highest BCUT2D eigenvalue weighted by Gasteiger charge is 2.51. The molecule has 5 atom stereocenters.